The summed E-state index contributed by atoms with van der Waals surface area (Å²) in [6.07, 6.45) is 3.14. The molecule has 36 heavy (non-hydrogen) atoms. The Morgan fingerprint density at radius 1 is 1.19 bits per heavy atom. The summed E-state index contributed by atoms with van der Waals surface area (Å²) in [6.45, 7) is 4.74. The second-order valence-corrected chi connectivity index (χ2v) is 11.3. The number of nitrogens with zero attached hydrogens (tertiary/aromatic N) is 3. The maximum atomic E-state index is 14.5. The largest absolute Gasteiger partial charge is 0.487 e. The highest BCUT2D eigenvalue weighted by Crippen LogP contribution is 2.37. The van der Waals surface area contributed by atoms with Gasteiger partial charge in [-0.1, -0.05) is 31.2 Å². The van der Waals surface area contributed by atoms with E-state index in [0.717, 1.165) is 5.56 Å². The minimum Gasteiger partial charge on any atom is -0.487 e. The van der Waals surface area contributed by atoms with Gasteiger partial charge in [-0.15, -0.1) is 0 Å². The number of ether oxygens (including phenoxy) is 1. The Morgan fingerprint density at radius 3 is 2.61 bits per heavy atom. The van der Waals surface area contributed by atoms with E-state index in [1.54, 1.807) is 49.6 Å². The molecule has 0 aliphatic carbocycles. The summed E-state index contributed by atoms with van der Waals surface area (Å²) in [5, 5.41) is 9.82. The molecule has 2 heterocycles. The first-order valence-corrected chi connectivity index (χ1v) is 13.4. The summed E-state index contributed by atoms with van der Waals surface area (Å²) < 4.78 is 49.6. The van der Waals surface area contributed by atoms with Crippen molar-refractivity contribution in [2.75, 3.05) is 26.7 Å². The van der Waals surface area contributed by atoms with Crippen molar-refractivity contribution in [3.63, 3.8) is 0 Å². The van der Waals surface area contributed by atoms with E-state index in [2.05, 4.69) is 9.88 Å². The lowest BCUT2D eigenvalue weighted by atomic mass is 10.0. The molecule has 0 saturated heterocycles. The van der Waals surface area contributed by atoms with Gasteiger partial charge in [-0.05, 0) is 55.4 Å². The van der Waals surface area contributed by atoms with Crippen molar-refractivity contribution in [1.82, 2.24) is 14.2 Å². The number of halogens is 1. The Morgan fingerprint density at radius 2 is 1.92 bits per heavy atom. The zero-order valence-corrected chi connectivity index (χ0v) is 21.5. The monoisotopic (exact) mass is 513 g/mol. The van der Waals surface area contributed by atoms with Gasteiger partial charge in [-0.25, -0.2) is 12.8 Å². The van der Waals surface area contributed by atoms with Gasteiger partial charge in [0.15, 0.2) is 0 Å². The molecule has 0 bridgehead atoms. The van der Waals surface area contributed by atoms with E-state index in [0.29, 0.717) is 24.2 Å². The van der Waals surface area contributed by atoms with Gasteiger partial charge in [0, 0.05) is 49.6 Å². The van der Waals surface area contributed by atoms with E-state index >= 15 is 0 Å². The minimum absolute atomic E-state index is 0.0107. The molecule has 0 radical (unpaired) electrons. The van der Waals surface area contributed by atoms with E-state index in [1.165, 1.54) is 16.4 Å². The molecule has 192 valence electrons. The third-order valence-corrected chi connectivity index (χ3v) is 8.56. The van der Waals surface area contributed by atoms with Crippen LogP contribution in [0.1, 0.15) is 19.4 Å². The Labute approximate surface area is 212 Å². The maximum absolute atomic E-state index is 14.5. The lowest BCUT2D eigenvalue weighted by Gasteiger charge is -2.37. The molecule has 1 aromatic heterocycles. The number of pyridine rings is 1. The van der Waals surface area contributed by atoms with Crippen LogP contribution in [-0.2, 0) is 16.6 Å². The van der Waals surface area contributed by atoms with Crippen molar-refractivity contribution in [1.29, 1.82) is 0 Å². The number of hydrogen-bond donors (Lipinski definition) is 1. The predicted molar refractivity (Wildman–Crippen MR) is 136 cm³/mol. The van der Waals surface area contributed by atoms with Crippen LogP contribution in [0, 0.1) is 11.7 Å². The second kappa shape index (κ2) is 11.0. The molecule has 0 amide bonds. The third kappa shape index (κ3) is 5.59. The molecule has 0 spiro atoms. The summed E-state index contributed by atoms with van der Waals surface area (Å²) in [5.41, 5.74) is 2.00. The van der Waals surface area contributed by atoms with Crippen molar-refractivity contribution in [3.05, 3.63) is 78.4 Å². The fraction of sp³-hybridized carbons (Fsp3) is 0.370. The predicted octanol–water partition coefficient (Wildman–Crippen LogP) is 3.79. The van der Waals surface area contributed by atoms with Gasteiger partial charge in [0.2, 0.25) is 10.0 Å². The average molecular weight is 514 g/mol. The van der Waals surface area contributed by atoms with E-state index < -0.39 is 21.9 Å². The summed E-state index contributed by atoms with van der Waals surface area (Å²) in [5.74, 6) is -0.401. The molecule has 1 aliphatic heterocycles. The van der Waals surface area contributed by atoms with Gasteiger partial charge in [0.25, 0.3) is 0 Å². The van der Waals surface area contributed by atoms with Crippen molar-refractivity contribution >= 4 is 10.0 Å². The molecule has 7 nitrogen and oxygen atoms in total. The van der Waals surface area contributed by atoms with Gasteiger partial charge in [-0.3, -0.25) is 9.88 Å². The standard InChI is InChI=1S/C27H32FN3O4S/c1-19-15-31(20(2)18-32)36(33,34)27-9-8-22(23-6-4-5-7-24(23)28)14-25(27)35-26(19)17-30(3)16-21-10-12-29-13-11-21/h4-14,19-20,26,32H,15-18H2,1-3H3/t19-,20-,26-/m0/s1. The van der Waals surface area contributed by atoms with E-state index in [9.17, 15) is 17.9 Å². The van der Waals surface area contributed by atoms with Crippen LogP contribution >= 0.6 is 0 Å². The normalized spacial score (nSPS) is 20.7. The Balaban J connectivity index is 1.74. The fourth-order valence-corrected chi connectivity index (χ4v) is 6.30. The number of benzene rings is 2. The topological polar surface area (TPSA) is 83.0 Å². The number of fused-ring (bicyclic) bond motifs is 1. The number of hydrogen-bond acceptors (Lipinski definition) is 6. The van der Waals surface area contributed by atoms with E-state index in [1.807, 2.05) is 26.1 Å². The summed E-state index contributed by atoms with van der Waals surface area (Å²) in [7, 11) is -1.98. The first kappa shape index (κ1) is 26.2. The Kier molecular flexibility index (Phi) is 8.04. The third-order valence-electron chi connectivity index (χ3n) is 6.55. The highest BCUT2D eigenvalue weighted by molar-refractivity contribution is 7.89. The molecule has 1 aliphatic rings. The van der Waals surface area contributed by atoms with Crippen LogP contribution < -0.4 is 4.74 Å². The maximum Gasteiger partial charge on any atom is 0.247 e. The highest BCUT2D eigenvalue weighted by Gasteiger charge is 2.38. The van der Waals surface area contributed by atoms with Crippen LogP contribution in [0.25, 0.3) is 11.1 Å². The molecule has 9 heteroatoms. The number of likely N-dealkylation sites (N-methyl/N-ethyl adjacent to an activating group) is 1. The second-order valence-electron chi connectivity index (χ2n) is 9.43. The number of aliphatic hydroxyl groups excluding tert-OH is 1. The SMILES string of the molecule is C[C@H]1CN([C@@H](C)CO)S(=O)(=O)c2ccc(-c3ccccc3F)cc2O[C@H]1CN(C)Cc1ccncc1. The Bertz CT molecular complexity index is 1290. The first-order valence-electron chi connectivity index (χ1n) is 12.0. The number of sulfonamides is 1. The number of aliphatic hydroxyl groups is 1. The molecule has 3 aromatic rings. The lowest BCUT2D eigenvalue weighted by Crippen LogP contribution is -2.49. The average Bonchev–Trinajstić information content (AvgIpc) is 2.86. The summed E-state index contributed by atoms with van der Waals surface area (Å²) in [6, 6.07) is 14.3. The molecule has 4 rings (SSSR count). The van der Waals surface area contributed by atoms with E-state index in [-0.39, 0.29) is 35.8 Å². The highest BCUT2D eigenvalue weighted by atomic mass is 32.2. The number of aromatic nitrogens is 1. The summed E-state index contributed by atoms with van der Waals surface area (Å²) in [4.78, 5) is 6.19. The van der Waals surface area contributed by atoms with Crippen LogP contribution in [0.5, 0.6) is 5.75 Å². The van der Waals surface area contributed by atoms with Crippen LogP contribution in [0.15, 0.2) is 71.9 Å². The molecule has 0 fully saturated rings. The smallest absolute Gasteiger partial charge is 0.247 e. The number of rotatable bonds is 7. The zero-order valence-electron chi connectivity index (χ0n) is 20.7. The van der Waals surface area contributed by atoms with Gasteiger partial charge in [0.1, 0.15) is 22.6 Å². The van der Waals surface area contributed by atoms with E-state index in [4.69, 9.17) is 4.74 Å². The van der Waals surface area contributed by atoms with Crippen molar-refractivity contribution < 1.29 is 22.7 Å². The van der Waals surface area contributed by atoms with Crippen LogP contribution in [-0.4, -0.2) is 66.6 Å². The minimum atomic E-state index is -3.96. The van der Waals surface area contributed by atoms with Crippen molar-refractivity contribution in [3.8, 4) is 16.9 Å². The van der Waals surface area contributed by atoms with Gasteiger partial charge < -0.3 is 9.84 Å². The quantitative estimate of drug-likeness (QED) is 0.518. The van der Waals surface area contributed by atoms with Gasteiger partial charge in [0.05, 0.1) is 6.61 Å². The molecule has 1 N–H and O–H groups in total. The van der Waals surface area contributed by atoms with Crippen LogP contribution in [0.2, 0.25) is 0 Å². The summed E-state index contributed by atoms with van der Waals surface area (Å²) >= 11 is 0. The first-order chi connectivity index (χ1) is 17.2. The van der Waals surface area contributed by atoms with Crippen molar-refractivity contribution in [2.24, 2.45) is 5.92 Å². The lowest BCUT2D eigenvalue weighted by molar-refractivity contribution is 0.0734. The zero-order chi connectivity index (χ0) is 25.9. The van der Waals surface area contributed by atoms with Crippen LogP contribution in [0.4, 0.5) is 4.39 Å². The molecular weight excluding hydrogens is 481 g/mol. The van der Waals surface area contributed by atoms with Crippen LogP contribution in [0.3, 0.4) is 0 Å². The molecule has 3 atom stereocenters. The molecule has 0 saturated carbocycles. The van der Waals surface area contributed by atoms with Crippen molar-refractivity contribution in [2.45, 2.75) is 37.4 Å². The molecule has 2 aromatic carbocycles. The molecule has 0 unspecified atom stereocenters. The van der Waals surface area contributed by atoms with Gasteiger partial charge >= 0.3 is 0 Å². The van der Waals surface area contributed by atoms with Gasteiger partial charge in [-0.2, -0.15) is 4.31 Å². The molecular formula is C27H32FN3O4S. The Hall–Kier alpha value is -2.85. The fourth-order valence-electron chi connectivity index (χ4n) is 4.48.